The van der Waals surface area contributed by atoms with E-state index in [9.17, 15) is 9.90 Å². The summed E-state index contributed by atoms with van der Waals surface area (Å²) in [6.07, 6.45) is 0.359. The topological polar surface area (TPSA) is 67.8 Å². The second kappa shape index (κ2) is 4.59. The van der Waals surface area contributed by atoms with Gasteiger partial charge in [0.1, 0.15) is 11.7 Å². The van der Waals surface area contributed by atoms with E-state index in [1.165, 1.54) is 7.11 Å². The molecule has 5 heteroatoms. The van der Waals surface area contributed by atoms with Crippen LogP contribution in [0.1, 0.15) is 33.6 Å². The summed E-state index contributed by atoms with van der Waals surface area (Å²) in [6, 6.07) is 0. The first-order chi connectivity index (χ1) is 7.29. The molecule has 0 saturated heterocycles. The number of ether oxygens (including phenoxy) is 2. The van der Waals surface area contributed by atoms with Crippen LogP contribution in [0.4, 0.5) is 4.79 Å². The van der Waals surface area contributed by atoms with Crippen molar-refractivity contribution >= 4 is 6.09 Å². The first kappa shape index (κ1) is 13.3. The standard InChI is InChI=1S/C11H21NO4/c1-10(2,3)16-9(14)12-11(5-6-11)8(13)7-15-4/h8,13H,5-7H2,1-4H3,(H,12,14). The maximum absolute atomic E-state index is 11.5. The smallest absolute Gasteiger partial charge is 0.408 e. The van der Waals surface area contributed by atoms with Gasteiger partial charge in [-0.05, 0) is 33.6 Å². The van der Waals surface area contributed by atoms with Crippen molar-refractivity contribution in [3.63, 3.8) is 0 Å². The zero-order valence-electron chi connectivity index (χ0n) is 10.4. The van der Waals surface area contributed by atoms with Crippen LogP contribution in [0.5, 0.6) is 0 Å². The average molecular weight is 231 g/mol. The number of alkyl carbamates (subject to hydrolysis) is 1. The Hall–Kier alpha value is -0.810. The molecule has 0 spiro atoms. The molecule has 0 aromatic rings. The van der Waals surface area contributed by atoms with Crippen LogP contribution in [-0.2, 0) is 9.47 Å². The normalized spacial score (nSPS) is 20.1. The fourth-order valence-corrected chi connectivity index (χ4v) is 1.50. The highest BCUT2D eigenvalue weighted by atomic mass is 16.6. The summed E-state index contributed by atoms with van der Waals surface area (Å²) in [6.45, 7) is 5.63. The zero-order chi connectivity index (χ0) is 12.4. The molecule has 94 valence electrons. The summed E-state index contributed by atoms with van der Waals surface area (Å²) < 4.78 is 10.0. The van der Waals surface area contributed by atoms with E-state index in [4.69, 9.17) is 9.47 Å². The second-order valence-corrected chi connectivity index (χ2v) is 5.25. The van der Waals surface area contributed by atoms with Crippen LogP contribution in [0.25, 0.3) is 0 Å². The minimum Gasteiger partial charge on any atom is -0.444 e. The van der Waals surface area contributed by atoms with Gasteiger partial charge in [-0.15, -0.1) is 0 Å². The van der Waals surface area contributed by atoms with Crippen molar-refractivity contribution in [2.45, 2.75) is 50.9 Å². The number of rotatable bonds is 4. The van der Waals surface area contributed by atoms with Crippen LogP contribution in [0.2, 0.25) is 0 Å². The lowest BCUT2D eigenvalue weighted by Crippen LogP contribution is -2.49. The van der Waals surface area contributed by atoms with E-state index in [0.29, 0.717) is 0 Å². The Labute approximate surface area is 96.1 Å². The first-order valence-electron chi connectivity index (χ1n) is 5.47. The molecule has 1 amide bonds. The second-order valence-electron chi connectivity index (χ2n) is 5.25. The van der Waals surface area contributed by atoms with Crippen LogP contribution in [0.3, 0.4) is 0 Å². The monoisotopic (exact) mass is 231 g/mol. The molecule has 1 fully saturated rings. The molecule has 1 atom stereocenters. The number of aliphatic hydroxyl groups excluding tert-OH is 1. The molecule has 0 aliphatic heterocycles. The van der Waals surface area contributed by atoms with Gasteiger partial charge in [0.25, 0.3) is 0 Å². The number of aliphatic hydroxyl groups is 1. The van der Waals surface area contributed by atoms with Gasteiger partial charge < -0.3 is 19.9 Å². The van der Waals surface area contributed by atoms with Gasteiger partial charge in [-0.1, -0.05) is 0 Å². The van der Waals surface area contributed by atoms with Gasteiger partial charge >= 0.3 is 6.09 Å². The SMILES string of the molecule is COCC(O)C1(NC(=O)OC(C)(C)C)CC1. The Balaban J connectivity index is 2.44. The summed E-state index contributed by atoms with van der Waals surface area (Å²) >= 11 is 0. The summed E-state index contributed by atoms with van der Waals surface area (Å²) in [7, 11) is 1.52. The number of amides is 1. The molecule has 0 radical (unpaired) electrons. The highest BCUT2D eigenvalue weighted by Crippen LogP contribution is 2.39. The van der Waals surface area contributed by atoms with Crippen molar-refractivity contribution in [1.29, 1.82) is 0 Å². The largest absolute Gasteiger partial charge is 0.444 e. The molecular weight excluding hydrogens is 210 g/mol. The number of nitrogens with one attached hydrogen (secondary N) is 1. The molecular formula is C11H21NO4. The minimum absolute atomic E-state index is 0.218. The third-order valence-corrected chi connectivity index (χ3v) is 2.50. The molecule has 0 aromatic heterocycles. The summed E-state index contributed by atoms with van der Waals surface area (Å²) in [4.78, 5) is 11.5. The van der Waals surface area contributed by atoms with E-state index in [2.05, 4.69) is 5.32 Å². The number of hydrogen-bond donors (Lipinski definition) is 2. The Kier molecular flexibility index (Phi) is 3.80. The molecule has 1 rings (SSSR count). The van der Waals surface area contributed by atoms with Crippen LogP contribution in [-0.4, -0.2) is 42.2 Å². The van der Waals surface area contributed by atoms with Gasteiger partial charge in [0.2, 0.25) is 0 Å². The molecule has 0 aromatic carbocycles. The predicted octanol–water partition coefficient (Wildman–Crippen LogP) is 1.05. The summed E-state index contributed by atoms with van der Waals surface area (Å²) in [5.41, 5.74) is -1.06. The quantitative estimate of drug-likeness (QED) is 0.759. The Morgan fingerprint density at radius 1 is 1.50 bits per heavy atom. The highest BCUT2D eigenvalue weighted by Gasteiger charge is 2.50. The van der Waals surface area contributed by atoms with E-state index >= 15 is 0 Å². The zero-order valence-corrected chi connectivity index (χ0v) is 10.4. The van der Waals surface area contributed by atoms with Crippen LogP contribution in [0, 0.1) is 0 Å². The molecule has 1 aliphatic rings. The van der Waals surface area contributed by atoms with Gasteiger partial charge in [0.15, 0.2) is 0 Å². The molecule has 1 saturated carbocycles. The van der Waals surface area contributed by atoms with Crippen molar-refractivity contribution in [2.75, 3.05) is 13.7 Å². The predicted molar refractivity (Wildman–Crippen MR) is 59.2 cm³/mol. The van der Waals surface area contributed by atoms with E-state index < -0.39 is 23.3 Å². The van der Waals surface area contributed by atoms with Crippen molar-refractivity contribution in [1.82, 2.24) is 5.32 Å². The Morgan fingerprint density at radius 2 is 2.06 bits per heavy atom. The fraction of sp³-hybridized carbons (Fsp3) is 0.909. The maximum Gasteiger partial charge on any atom is 0.408 e. The number of carbonyl (C=O) groups is 1. The van der Waals surface area contributed by atoms with Gasteiger partial charge in [-0.2, -0.15) is 0 Å². The van der Waals surface area contributed by atoms with E-state index in [-0.39, 0.29) is 6.61 Å². The highest BCUT2D eigenvalue weighted by molar-refractivity contribution is 5.69. The van der Waals surface area contributed by atoms with Gasteiger partial charge in [-0.25, -0.2) is 4.79 Å². The van der Waals surface area contributed by atoms with Crippen molar-refractivity contribution < 1.29 is 19.4 Å². The third-order valence-electron chi connectivity index (χ3n) is 2.50. The average Bonchev–Trinajstić information content (AvgIpc) is 2.82. The van der Waals surface area contributed by atoms with Crippen molar-refractivity contribution in [2.24, 2.45) is 0 Å². The van der Waals surface area contributed by atoms with Crippen LogP contribution < -0.4 is 5.32 Å². The van der Waals surface area contributed by atoms with E-state index in [1.807, 2.05) is 0 Å². The molecule has 1 unspecified atom stereocenters. The lowest BCUT2D eigenvalue weighted by molar-refractivity contribution is 0.0162. The molecule has 5 nitrogen and oxygen atoms in total. The lowest BCUT2D eigenvalue weighted by Gasteiger charge is -2.26. The molecule has 16 heavy (non-hydrogen) atoms. The number of carbonyl (C=O) groups excluding carboxylic acids is 1. The van der Waals surface area contributed by atoms with Crippen LogP contribution in [0.15, 0.2) is 0 Å². The van der Waals surface area contributed by atoms with E-state index in [1.54, 1.807) is 20.8 Å². The fourth-order valence-electron chi connectivity index (χ4n) is 1.50. The van der Waals surface area contributed by atoms with Gasteiger partial charge in [0.05, 0.1) is 12.1 Å². The van der Waals surface area contributed by atoms with Gasteiger partial charge in [-0.3, -0.25) is 0 Å². The minimum atomic E-state index is -0.676. The summed E-state index contributed by atoms with van der Waals surface area (Å²) in [5, 5.41) is 12.5. The maximum atomic E-state index is 11.5. The van der Waals surface area contributed by atoms with Crippen LogP contribution >= 0.6 is 0 Å². The Morgan fingerprint density at radius 3 is 2.44 bits per heavy atom. The molecule has 1 aliphatic carbocycles. The molecule has 0 bridgehead atoms. The summed E-state index contributed by atoms with van der Waals surface area (Å²) in [5.74, 6) is 0. The number of hydrogen-bond acceptors (Lipinski definition) is 4. The van der Waals surface area contributed by atoms with E-state index in [0.717, 1.165) is 12.8 Å². The third kappa shape index (κ3) is 3.64. The first-order valence-corrected chi connectivity index (χ1v) is 5.47. The van der Waals surface area contributed by atoms with Gasteiger partial charge in [0, 0.05) is 7.11 Å². The van der Waals surface area contributed by atoms with Crippen molar-refractivity contribution in [3.8, 4) is 0 Å². The lowest BCUT2D eigenvalue weighted by atomic mass is 10.1. The Bertz CT molecular complexity index is 255. The van der Waals surface area contributed by atoms with Crippen molar-refractivity contribution in [3.05, 3.63) is 0 Å². The molecule has 0 heterocycles. The molecule has 2 N–H and O–H groups in total. The number of methoxy groups -OCH3 is 1.